The Morgan fingerprint density at radius 3 is 2.42 bits per heavy atom. The predicted octanol–water partition coefficient (Wildman–Crippen LogP) is 5.17. The predicted molar refractivity (Wildman–Crippen MR) is 105 cm³/mol. The van der Waals surface area contributed by atoms with Crippen LogP contribution in [0.3, 0.4) is 0 Å². The lowest BCUT2D eigenvalue weighted by atomic mass is 10.2. The molecule has 5 rings (SSSR count). The lowest BCUT2D eigenvalue weighted by Crippen LogP contribution is -2.02. The number of pyridine rings is 1. The Labute approximate surface area is 175 Å². The molecule has 0 bridgehead atoms. The van der Waals surface area contributed by atoms with Crippen LogP contribution in [0.25, 0.3) is 5.69 Å². The van der Waals surface area contributed by atoms with E-state index >= 15 is 0 Å². The topological polar surface area (TPSA) is 67.6 Å². The maximum atomic E-state index is 14.7. The van der Waals surface area contributed by atoms with E-state index in [1.54, 1.807) is 53.6 Å². The summed E-state index contributed by atoms with van der Waals surface area (Å²) in [6.07, 6.45) is 5.02. The van der Waals surface area contributed by atoms with Crippen molar-refractivity contribution in [3.05, 3.63) is 78.4 Å². The first-order valence-electron chi connectivity index (χ1n) is 9.28. The molecule has 0 aliphatic carbocycles. The van der Waals surface area contributed by atoms with Gasteiger partial charge in [-0.25, -0.2) is 13.8 Å². The maximum absolute atomic E-state index is 14.7. The molecule has 0 radical (unpaired) electrons. The van der Waals surface area contributed by atoms with Crippen molar-refractivity contribution in [3.63, 3.8) is 0 Å². The van der Waals surface area contributed by atoms with Gasteiger partial charge in [-0.2, -0.15) is 4.98 Å². The molecule has 2 aromatic heterocycles. The van der Waals surface area contributed by atoms with Crippen molar-refractivity contribution < 1.29 is 27.7 Å². The Hall–Kier alpha value is -4.14. The molecule has 0 fully saturated rings. The molecule has 9 heteroatoms. The van der Waals surface area contributed by atoms with Gasteiger partial charge in [0.05, 0.1) is 12.0 Å². The van der Waals surface area contributed by atoms with Crippen LogP contribution in [0.4, 0.5) is 8.78 Å². The second-order valence-corrected chi connectivity index (χ2v) is 6.66. The summed E-state index contributed by atoms with van der Waals surface area (Å²) in [4.78, 5) is 7.92. The van der Waals surface area contributed by atoms with Crippen LogP contribution in [-0.2, 0) is 0 Å². The van der Waals surface area contributed by atoms with Crippen LogP contribution in [0.2, 0.25) is 0 Å². The number of hydrogen-bond donors (Lipinski definition) is 0. The second kappa shape index (κ2) is 7.60. The van der Waals surface area contributed by atoms with E-state index in [4.69, 9.17) is 18.9 Å². The summed E-state index contributed by atoms with van der Waals surface area (Å²) in [5.41, 5.74) is 0.484. The Kier molecular flexibility index (Phi) is 4.62. The first-order valence-corrected chi connectivity index (χ1v) is 9.28. The zero-order valence-electron chi connectivity index (χ0n) is 16.2. The quantitative estimate of drug-likeness (QED) is 0.441. The molecular formula is C22H15F2N3O4. The molecule has 0 unspecified atom stereocenters. The normalized spacial score (nSPS) is 12.1. The van der Waals surface area contributed by atoms with E-state index in [0.29, 0.717) is 17.2 Å². The molecule has 0 amide bonds. The fraction of sp³-hybridized carbons (Fsp3) is 0.0909. The monoisotopic (exact) mass is 423 g/mol. The van der Waals surface area contributed by atoms with Crippen LogP contribution in [0.5, 0.6) is 34.8 Å². The molecule has 1 aliphatic rings. The number of aromatic nitrogens is 3. The molecule has 1 aliphatic heterocycles. The third-order valence-corrected chi connectivity index (χ3v) is 4.63. The summed E-state index contributed by atoms with van der Waals surface area (Å²) in [5, 5.41) is 0. The fourth-order valence-corrected chi connectivity index (χ4v) is 3.03. The minimum absolute atomic E-state index is 0.0944. The number of halogens is 2. The van der Waals surface area contributed by atoms with Crippen molar-refractivity contribution in [2.75, 3.05) is 6.79 Å². The van der Waals surface area contributed by atoms with Crippen molar-refractivity contribution in [3.8, 4) is 40.4 Å². The molecule has 31 heavy (non-hydrogen) atoms. The summed E-state index contributed by atoms with van der Waals surface area (Å²) in [5.74, 6) is -1.07. The highest BCUT2D eigenvalue weighted by atomic mass is 19.1. The molecule has 0 spiro atoms. The SMILES string of the molecule is Cc1c(F)c(Oc2cccc(-n3ccnc3)c2)nc(Oc2ccc3c(c2)OCO3)c1F. The lowest BCUT2D eigenvalue weighted by molar-refractivity contribution is 0.174. The highest BCUT2D eigenvalue weighted by Crippen LogP contribution is 2.38. The molecule has 7 nitrogen and oxygen atoms in total. The largest absolute Gasteiger partial charge is 0.454 e. The lowest BCUT2D eigenvalue weighted by Gasteiger charge is -2.13. The van der Waals surface area contributed by atoms with Crippen molar-refractivity contribution in [1.82, 2.24) is 14.5 Å². The summed E-state index contributed by atoms with van der Waals surface area (Å²) < 4.78 is 52.8. The van der Waals surface area contributed by atoms with Crippen LogP contribution >= 0.6 is 0 Å². The van der Waals surface area contributed by atoms with Crippen LogP contribution in [-0.4, -0.2) is 21.3 Å². The molecule has 4 aromatic rings. The Morgan fingerprint density at radius 1 is 0.935 bits per heavy atom. The van der Waals surface area contributed by atoms with Crippen LogP contribution in [0, 0.1) is 18.6 Å². The van der Waals surface area contributed by atoms with Gasteiger partial charge in [0.15, 0.2) is 23.1 Å². The van der Waals surface area contributed by atoms with E-state index in [1.165, 1.54) is 13.0 Å². The second-order valence-electron chi connectivity index (χ2n) is 6.66. The van der Waals surface area contributed by atoms with Gasteiger partial charge < -0.3 is 23.5 Å². The zero-order chi connectivity index (χ0) is 21.4. The average Bonchev–Trinajstić information content (AvgIpc) is 3.47. The van der Waals surface area contributed by atoms with Gasteiger partial charge in [-0.05, 0) is 31.2 Å². The molecule has 2 aromatic carbocycles. The van der Waals surface area contributed by atoms with Gasteiger partial charge in [0.2, 0.25) is 6.79 Å². The van der Waals surface area contributed by atoms with E-state index in [2.05, 4.69) is 9.97 Å². The third-order valence-electron chi connectivity index (χ3n) is 4.63. The van der Waals surface area contributed by atoms with E-state index < -0.39 is 23.4 Å². The number of benzene rings is 2. The van der Waals surface area contributed by atoms with Gasteiger partial charge in [0.1, 0.15) is 11.5 Å². The smallest absolute Gasteiger partial charge is 0.259 e. The van der Waals surface area contributed by atoms with Gasteiger partial charge in [-0.3, -0.25) is 0 Å². The average molecular weight is 423 g/mol. The Bertz CT molecular complexity index is 1260. The van der Waals surface area contributed by atoms with E-state index in [9.17, 15) is 8.78 Å². The number of rotatable bonds is 5. The number of imidazole rings is 1. The van der Waals surface area contributed by atoms with Crippen molar-refractivity contribution in [1.29, 1.82) is 0 Å². The summed E-state index contributed by atoms with van der Waals surface area (Å²) in [7, 11) is 0. The molecule has 3 heterocycles. The number of hydrogen-bond acceptors (Lipinski definition) is 6. The van der Waals surface area contributed by atoms with E-state index in [0.717, 1.165) is 5.69 Å². The Morgan fingerprint density at radius 2 is 1.68 bits per heavy atom. The molecule has 0 atom stereocenters. The van der Waals surface area contributed by atoms with Gasteiger partial charge in [0, 0.05) is 30.1 Å². The molecule has 0 saturated heterocycles. The van der Waals surface area contributed by atoms with Crippen molar-refractivity contribution in [2.45, 2.75) is 6.92 Å². The first-order chi connectivity index (χ1) is 15.1. The van der Waals surface area contributed by atoms with Gasteiger partial charge in [-0.15, -0.1) is 0 Å². The molecule has 156 valence electrons. The highest BCUT2D eigenvalue weighted by Gasteiger charge is 2.22. The number of nitrogens with zero attached hydrogens (tertiary/aromatic N) is 3. The minimum Gasteiger partial charge on any atom is -0.454 e. The summed E-state index contributed by atoms with van der Waals surface area (Å²) in [6.45, 7) is 1.38. The number of fused-ring (bicyclic) bond motifs is 1. The van der Waals surface area contributed by atoms with Crippen molar-refractivity contribution >= 4 is 0 Å². The van der Waals surface area contributed by atoms with Gasteiger partial charge in [-0.1, -0.05) is 6.07 Å². The zero-order valence-corrected chi connectivity index (χ0v) is 16.2. The van der Waals surface area contributed by atoms with Crippen LogP contribution in [0.15, 0.2) is 61.2 Å². The maximum Gasteiger partial charge on any atom is 0.259 e. The number of ether oxygens (including phenoxy) is 4. The molecule has 0 N–H and O–H groups in total. The van der Waals surface area contributed by atoms with Gasteiger partial charge in [0.25, 0.3) is 11.8 Å². The minimum atomic E-state index is -0.922. The van der Waals surface area contributed by atoms with Crippen LogP contribution < -0.4 is 18.9 Å². The third kappa shape index (κ3) is 3.61. The van der Waals surface area contributed by atoms with E-state index in [1.807, 2.05) is 6.07 Å². The summed E-state index contributed by atoms with van der Waals surface area (Å²) in [6, 6.07) is 11.6. The van der Waals surface area contributed by atoms with E-state index in [-0.39, 0.29) is 18.1 Å². The Balaban J connectivity index is 1.46. The standard InChI is InChI=1S/C22H15F2N3O4/c1-13-19(23)21(30-15-4-2-3-14(9-15)27-8-7-25-11-27)26-22(20(13)24)31-16-5-6-17-18(10-16)29-12-28-17/h2-11H,12H2,1H3. The molecular weight excluding hydrogens is 408 g/mol. The van der Waals surface area contributed by atoms with Crippen LogP contribution in [0.1, 0.15) is 5.56 Å². The van der Waals surface area contributed by atoms with Gasteiger partial charge >= 0.3 is 0 Å². The fourth-order valence-electron chi connectivity index (χ4n) is 3.03. The first kappa shape index (κ1) is 18.9. The summed E-state index contributed by atoms with van der Waals surface area (Å²) >= 11 is 0. The molecule has 0 saturated carbocycles. The van der Waals surface area contributed by atoms with Crippen molar-refractivity contribution in [2.24, 2.45) is 0 Å². The highest BCUT2D eigenvalue weighted by molar-refractivity contribution is 5.48.